The monoisotopic (exact) mass is 240 g/mol. The second kappa shape index (κ2) is 5.14. The molecule has 0 unspecified atom stereocenters. The number of carboxylic acid groups (broad SMARTS) is 1. The predicted molar refractivity (Wildman–Crippen MR) is 57.5 cm³/mol. The number of carbonyl (C=O) groups is 1. The molecule has 17 heavy (non-hydrogen) atoms. The van der Waals surface area contributed by atoms with Crippen LogP contribution in [0.4, 0.5) is 4.39 Å². The first kappa shape index (κ1) is 11.9. The maximum Gasteiger partial charge on any atom is 0.335 e. The Morgan fingerprint density at radius 3 is 2.82 bits per heavy atom. The molecule has 1 aliphatic rings. The molecule has 1 fully saturated rings. The van der Waals surface area contributed by atoms with Gasteiger partial charge in [-0.2, -0.15) is 0 Å². The summed E-state index contributed by atoms with van der Waals surface area (Å²) in [7, 11) is 0. The molecular weight excluding hydrogens is 227 g/mol. The highest BCUT2D eigenvalue weighted by Crippen LogP contribution is 2.28. The molecular formula is C12H13FO4. The van der Waals surface area contributed by atoms with Crippen molar-refractivity contribution in [3.8, 4) is 5.75 Å². The number of aromatic carboxylic acids is 1. The summed E-state index contributed by atoms with van der Waals surface area (Å²) < 4.78 is 23.4. The lowest BCUT2D eigenvalue weighted by atomic mass is 10.2. The Hall–Kier alpha value is -1.62. The summed E-state index contributed by atoms with van der Waals surface area (Å²) in [5.41, 5.74) is -0.137. The first-order valence-electron chi connectivity index (χ1n) is 5.39. The van der Waals surface area contributed by atoms with Crippen molar-refractivity contribution in [1.29, 1.82) is 0 Å². The zero-order valence-electron chi connectivity index (χ0n) is 9.19. The first-order chi connectivity index (χ1) is 8.15. The zero-order chi connectivity index (χ0) is 12.3. The molecule has 0 saturated heterocycles. The third kappa shape index (κ3) is 3.71. The highest BCUT2D eigenvalue weighted by molar-refractivity contribution is 5.88. The topological polar surface area (TPSA) is 55.8 Å². The molecule has 92 valence electrons. The largest absolute Gasteiger partial charge is 0.478 e. The number of hydrogen-bond acceptors (Lipinski definition) is 3. The van der Waals surface area contributed by atoms with E-state index < -0.39 is 11.8 Å². The van der Waals surface area contributed by atoms with Crippen LogP contribution >= 0.6 is 0 Å². The molecule has 0 aliphatic heterocycles. The molecule has 0 aromatic heterocycles. The fourth-order valence-electron chi connectivity index (χ4n) is 1.38. The highest BCUT2D eigenvalue weighted by Gasteiger charge is 2.21. The molecule has 0 heterocycles. The van der Waals surface area contributed by atoms with E-state index in [0.717, 1.165) is 12.1 Å². The molecule has 1 aromatic rings. The van der Waals surface area contributed by atoms with E-state index >= 15 is 0 Å². The Morgan fingerprint density at radius 2 is 2.18 bits per heavy atom. The van der Waals surface area contributed by atoms with Crippen molar-refractivity contribution in [3.63, 3.8) is 0 Å². The lowest BCUT2D eigenvalue weighted by Crippen LogP contribution is -2.06. The number of hydrogen-bond donors (Lipinski definition) is 1. The average Bonchev–Trinajstić information content (AvgIpc) is 3.07. The van der Waals surface area contributed by atoms with Crippen molar-refractivity contribution in [1.82, 2.24) is 0 Å². The standard InChI is InChI=1S/C12H13FO4/c13-10-3-9(12(14)15)4-11(5-10)17-7-16-6-8-1-2-8/h3-5,8H,1-2,6-7H2,(H,14,15). The summed E-state index contributed by atoms with van der Waals surface area (Å²) >= 11 is 0. The predicted octanol–water partition coefficient (Wildman–Crippen LogP) is 2.29. The molecule has 0 amide bonds. The van der Waals surface area contributed by atoms with E-state index in [0.29, 0.717) is 12.5 Å². The molecule has 0 bridgehead atoms. The van der Waals surface area contributed by atoms with Crippen molar-refractivity contribution in [2.75, 3.05) is 13.4 Å². The zero-order valence-corrected chi connectivity index (χ0v) is 9.19. The van der Waals surface area contributed by atoms with Crippen LogP contribution in [0.1, 0.15) is 23.2 Å². The molecule has 2 rings (SSSR count). The Balaban J connectivity index is 1.87. The van der Waals surface area contributed by atoms with E-state index in [9.17, 15) is 9.18 Å². The summed E-state index contributed by atoms with van der Waals surface area (Å²) in [6.45, 7) is 0.653. The van der Waals surface area contributed by atoms with Gasteiger partial charge in [0.1, 0.15) is 11.6 Å². The van der Waals surface area contributed by atoms with Gasteiger partial charge in [-0.1, -0.05) is 0 Å². The second-order valence-corrected chi connectivity index (χ2v) is 4.06. The maximum atomic E-state index is 13.1. The SMILES string of the molecule is O=C(O)c1cc(F)cc(OCOCC2CC2)c1. The number of ether oxygens (including phenoxy) is 2. The highest BCUT2D eigenvalue weighted by atomic mass is 19.1. The van der Waals surface area contributed by atoms with Gasteiger partial charge in [0.05, 0.1) is 12.2 Å². The lowest BCUT2D eigenvalue weighted by Gasteiger charge is -2.07. The van der Waals surface area contributed by atoms with Gasteiger partial charge >= 0.3 is 5.97 Å². The van der Waals surface area contributed by atoms with Crippen LogP contribution < -0.4 is 4.74 Å². The Morgan fingerprint density at radius 1 is 1.41 bits per heavy atom. The Bertz CT molecular complexity index is 415. The van der Waals surface area contributed by atoms with Crippen molar-refractivity contribution in [2.24, 2.45) is 5.92 Å². The van der Waals surface area contributed by atoms with Gasteiger partial charge in [-0.25, -0.2) is 9.18 Å². The van der Waals surface area contributed by atoms with E-state index in [1.807, 2.05) is 0 Å². The number of benzene rings is 1. The fraction of sp³-hybridized carbons (Fsp3) is 0.417. The molecule has 0 radical (unpaired) electrons. The summed E-state index contributed by atoms with van der Waals surface area (Å²) in [6, 6.07) is 3.35. The van der Waals surface area contributed by atoms with Gasteiger partial charge in [-0.15, -0.1) is 0 Å². The van der Waals surface area contributed by atoms with Crippen LogP contribution in [0.15, 0.2) is 18.2 Å². The van der Waals surface area contributed by atoms with Crippen LogP contribution in [0, 0.1) is 11.7 Å². The van der Waals surface area contributed by atoms with E-state index in [-0.39, 0.29) is 18.1 Å². The normalized spacial score (nSPS) is 14.6. The number of carboxylic acids is 1. The van der Waals surface area contributed by atoms with Crippen LogP contribution in [0.5, 0.6) is 5.75 Å². The average molecular weight is 240 g/mol. The van der Waals surface area contributed by atoms with Crippen molar-refractivity contribution in [3.05, 3.63) is 29.6 Å². The van der Waals surface area contributed by atoms with Crippen LogP contribution in [-0.4, -0.2) is 24.5 Å². The van der Waals surface area contributed by atoms with Gasteiger partial charge < -0.3 is 14.6 Å². The molecule has 1 aliphatic carbocycles. The number of halogens is 1. The molecule has 1 N–H and O–H groups in total. The van der Waals surface area contributed by atoms with Crippen molar-refractivity contribution >= 4 is 5.97 Å². The van der Waals surface area contributed by atoms with Crippen molar-refractivity contribution < 1.29 is 23.8 Å². The number of rotatable bonds is 6. The van der Waals surface area contributed by atoms with Crippen LogP contribution in [0.25, 0.3) is 0 Å². The van der Waals surface area contributed by atoms with Gasteiger partial charge in [0, 0.05) is 6.07 Å². The Labute approximate surface area is 98.0 Å². The lowest BCUT2D eigenvalue weighted by molar-refractivity contribution is 0.00973. The van der Waals surface area contributed by atoms with Crippen LogP contribution in [0.2, 0.25) is 0 Å². The third-order valence-electron chi connectivity index (χ3n) is 2.48. The minimum Gasteiger partial charge on any atom is -0.478 e. The molecule has 1 saturated carbocycles. The maximum absolute atomic E-state index is 13.1. The van der Waals surface area contributed by atoms with E-state index in [2.05, 4.69) is 0 Å². The summed E-state index contributed by atoms with van der Waals surface area (Å²) in [6.07, 6.45) is 2.37. The van der Waals surface area contributed by atoms with E-state index in [1.165, 1.54) is 18.9 Å². The summed E-state index contributed by atoms with van der Waals surface area (Å²) in [4.78, 5) is 10.7. The van der Waals surface area contributed by atoms with Crippen molar-refractivity contribution in [2.45, 2.75) is 12.8 Å². The summed E-state index contributed by atoms with van der Waals surface area (Å²) in [5.74, 6) is -1.03. The molecule has 0 atom stereocenters. The minimum atomic E-state index is -1.19. The first-order valence-corrected chi connectivity index (χ1v) is 5.39. The van der Waals surface area contributed by atoms with E-state index in [1.54, 1.807) is 0 Å². The molecule has 4 nitrogen and oxygen atoms in total. The Kier molecular flexibility index (Phi) is 3.58. The quantitative estimate of drug-likeness (QED) is 0.612. The molecule has 5 heteroatoms. The van der Waals surface area contributed by atoms with Gasteiger partial charge in [-0.3, -0.25) is 0 Å². The van der Waals surface area contributed by atoms with Gasteiger partial charge in [0.2, 0.25) is 0 Å². The molecule has 1 aromatic carbocycles. The summed E-state index contributed by atoms with van der Waals surface area (Å²) in [5, 5.41) is 8.73. The van der Waals surface area contributed by atoms with Gasteiger partial charge in [-0.05, 0) is 30.9 Å². The minimum absolute atomic E-state index is 0.0129. The van der Waals surface area contributed by atoms with E-state index in [4.69, 9.17) is 14.6 Å². The molecule has 0 spiro atoms. The smallest absolute Gasteiger partial charge is 0.335 e. The van der Waals surface area contributed by atoms with Crippen LogP contribution in [-0.2, 0) is 4.74 Å². The fourth-order valence-corrected chi connectivity index (χ4v) is 1.38. The van der Waals surface area contributed by atoms with Gasteiger partial charge in [0.15, 0.2) is 6.79 Å². The van der Waals surface area contributed by atoms with Gasteiger partial charge in [0.25, 0.3) is 0 Å². The second-order valence-electron chi connectivity index (χ2n) is 4.06. The third-order valence-corrected chi connectivity index (χ3v) is 2.48. The van der Waals surface area contributed by atoms with Crippen LogP contribution in [0.3, 0.4) is 0 Å².